The normalized spacial score (nSPS) is 11.3. The van der Waals surface area contributed by atoms with Gasteiger partial charge in [0.1, 0.15) is 10.7 Å². The molecule has 0 aliphatic heterocycles. The van der Waals surface area contributed by atoms with Crippen LogP contribution in [0.1, 0.15) is 47.5 Å². The lowest BCUT2D eigenvalue weighted by Gasteiger charge is -2.22. The molecule has 0 amide bonds. The van der Waals surface area contributed by atoms with Crippen LogP contribution < -0.4 is 5.56 Å². The van der Waals surface area contributed by atoms with E-state index < -0.39 is 5.97 Å². The predicted molar refractivity (Wildman–Crippen MR) is 124 cm³/mol. The van der Waals surface area contributed by atoms with E-state index in [2.05, 4.69) is 6.92 Å². The van der Waals surface area contributed by atoms with Crippen molar-refractivity contribution in [2.75, 3.05) is 0 Å². The smallest absolute Gasteiger partial charge is 0.303 e. The van der Waals surface area contributed by atoms with Gasteiger partial charge in [0.05, 0.1) is 11.3 Å². The lowest BCUT2D eigenvalue weighted by Crippen LogP contribution is -2.27. The average molecular weight is 433 g/mol. The highest BCUT2D eigenvalue weighted by Gasteiger charge is 2.24. The van der Waals surface area contributed by atoms with Gasteiger partial charge in [-0.3, -0.25) is 14.2 Å². The van der Waals surface area contributed by atoms with Gasteiger partial charge < -0.3 is 5.11 Å². The monoisotopic (exact) mass is 432 g/mol. The highest BCUT2D eigenvalue weighted by molar-refractivity contribution is 7.18. The first-order valence-electron chi connectivity index (χ1n) is 10.4. The van der Waals surface area contributed by atoms with Gasteiger partial charge in [-0.15, -0.1) is 11.3 Å². The van der Waals surface area contributed by atoms with Crippen molar-refractivity contribution in [3.63, 3.8) is 0 Å². The Balaban J connectivity index is 1.95. The zero-order chi connectivity index (χ0) is 21.8. The molecule has 0 saturated carbocycles. The van der Waals surface area contributed by atoms with Crippen LogP contribution in [0, 0.1) is 0 Å². The van der Waals surface area contributed by atoms with E-state index in [4.69, 9.17) is 10.1 Å². The number of aliphatic carboxylic acids is 1. The van der Waals surface area contributed by atoms with Crippen LogP contribution in [0.4, 0.5) is 0 Å². The number of hydrogen-bond acceptors (Lipinski definition) is 4. The fourth-order valence-corrected chi connectivity index (χ4v) is 4.83. The molecule has 4 rings (SSSR count). The molecular formula is C25H24N2O3S. The molecular weight excluding hydrogens is 408 g/mol. The quantitative estimate of drug-likeness (QED) is 0.422. The SMILES string of the molecule is CCc1cc2c(=O)n(CCCC(=O)O)c(C(c3ccccc3)c3ccccc3)nc2s1. The molecule has 0 fully saturated rings. The van der Waals surface area contributed by atoms with Crippen LogP contribution in [0.3, 0.4) is 0 Å². The number of fused-ring (bicyclic) bond motifs is 1. The molecule has 0 aliphatic rings. The number of carboxylic acids is 1. The lowest BCUT2D eigenvalue weighted by molar-refractivity contribution is -0.137. The second-order valence-electron chi connectivity index (χ2n) is 7.46. The van der Waals surface area contributed by atoms with Crippen molar-refractivity contribution in [3.8, 4) is 0 Å². The molecule has 0 bridgehead atoms. The molecule has 0 atom stereocenters. The van der Waals surface area contributed by atoms with Crippen LogP contribution >= 0.6 is 11.3 Å². The minimum Gasteiger partial charge on any atom is -0.481 e. The van der Waals surface area contributed by atoms with E-state index in [-0.39, 0.29) is 17.9 Å². The van der Waals surface area contributed by atoms with Gasteiger partial charge in [0.2, 0.25) is 0 Å². The molecule has 2 heterocycles. The van der Waals surface area contributed by atoms with Crippen molar-refractivity contribution < 1.29 is 9.90 Å². The van der Waals surface area contributed by atoms with Crippen molar-refractivity contribution in [1.29, 1.82) is 0 Å². The van der Waals surface area contributed by atoms with E-state index in [0.29, 0.717) is 24.2 Å². The maximum Gasteiger partial charge on any atom is 0.303 e. The van der Waals surface area contributed by atoms with Gasteiger partial charge >= 0.3 is 5.97 Å². The largest absolute Gasteiger partial charge is 0.481 e. The number of aryl methyl sites for hydroxylation is 1. The second-order valence-corrected chi connectivity index (χ2v) is 8.58. The molecule has 1 N–H and O–H groups in total. The van der Waals surface area contributed by atoms with E-state index >= 15 is 0 Å². The zero-order valence-electron chi connectivity index (χ0n) is 17.3. The first-order chi connectivity index (χ1) is 15.1. The summed E-state index contributed by atoms with van der Waals surface area (Å²) < 4.78 is 1.68. The Bertz CT molecular complexity index is 1210. The van der Waals surface area contributed by atoms with E-state index in [1.807, 2.05) is 66.7 Å². The summed E-state index contributed by atoms with van der Waals surface area (Å²) >= 11 is 1.55. The molecule has 2 aromatic carbocycles. The van der Waals surface area contributed by atoms with Crippen molar-refractivity contribution in [3.05, 3.63) is 98.9 Å². The van der Waals surface area contributed by atoms with Crippen LogP contribution in [-0.4, -0.2) is 20.6 Å². The van der Waals surface area contributed by atoms with E-state index in [1.165, 1.54) is 0 Å². The summed E-state index contributed by atoms with van der Waals surface area (Å²) in [6.07, 6.45) is 1.22. The topological polar surface area (TPSA) is 72.2 Å². The summed E-state index contributed by atoms with van der Waals surface area (Å²) in [5.74, 6) is -0.434. The third-order valence-corrected chi connectivity index (χ3v) is 6.55. The van der Waals surface area contributed by atoms with Gasteiger partial charge in [-0.25, -0.2) is 4.98 Å². The summed E-state index contributed by atoms with van der Waals surface area (Å²) in [6, 6.07) is 22.0. The number of benzene rings is 2. The summed E-state index contributed by atoms with van der Waals surface area (Å²) in [5, 5.41) is 9.71. The molecule has 0 radical (unpaired) electrons. The minimum absolute atomic E-state index is 0.00903. The van der Waals surface area contributed by atoms with E-state index in [1.54, 1.807) is 15.9 Å². The van der Waals surface area contributed by atoms with E-state index in [0.717, 1.165) is 27.3 Å². The average Bonchev–Trinajstić information content (AvgIpc) is 3.21. The number of aromatic nitrogens is 2. The van der Waals surface area contributed by atoms with Crippen molar-refractivity contribution in [2.45, 2.75) is 38.6 Å². The first-order valence-corrected chi connectivity index (χ1v) is 11.2. The maximum absolute atomic E-state index is 13.5. The standard InChI is InChI=1S/C25H24N2O3S/c1-2-19-16-20-24(31-19)26-23(27(25(20)30)15-9-14-21(28)29)22(17-10-5-3-6-11-17)18-12-7-4-8-13-18/h3-8,10-13,16,22H,2,9,14-15H2,1H3,(H,28,29). The number of thiophene rings is 1. The van der Waals surface area contributed by atoms with Gasteiger partial charge in [0, 0.05) is 17.8 Å². The number of carboxylic acid groups (broad SMARTS) is 1. The number of nitrogens with zero attached hydrogens (tertiary/aromatic N) is 2. The molecule has 0 aliphatic carbocycles. The summed E-state index contributed by atoms with van der Waals surface area (Å²) in [6.45, 7) is 2.38. The molecule has 31 heavy (non-hydrogen) atoms. The van der Waals surface area contributed by atoms with Crippen molar-refractivity contribution >= 4 is 27.5 Å². The van der Waals surface area contributed by atoms with Crippen LogP contribution in [0.5, 0.6) is 0 Å². The van der Waals surface area contributed by atoms with Gasteiger partial charge in [0.25, 0.3) is 5.56 Å². The van der Waals surface area contributed by atoms with Crippen LogP contribution in [0.15, 0.2) is 71.5 Å². The molecule has 6 heteroatoms. The third kappa shape index (κ3) is 4.44. The van der Waals surface area contributed by atoms with Gasteiger partial charge in [-0.1, -0.05) is 67.6 Å². The molecule has 158 valence electrons. The zero-order valence-corrected chi connectivity index (χ0v) is 18.1. The molecule has 2 aromatic heterocycles. The summed E-state index contributed by atoms with van der Waals surface area (Å²) in [4.78, 5) is 31.4. The second kappa shape index (κ2) is 9.27. The molecule has 0 unspecified atom stereocenters. The fraction of sp³-hybridized carbons (Fsp3) is 0.240. The Labute approximate surface area is 184 Å². The Morgan fingerprint density at radius 2 is 1.68 bits per heavy atom. The Hall–Kier alpha value is -3.25. The van der Waals surface area contributed by atoms with Crippen LogP contribution in [-0.2, 0) is 17.8 Å². The van der Waals surface area contributed by atoms with Crippen LogP contribution in [0.2, 0.25) is 0 Å². The molecule has 0 spiro atoms. The number of carbonyl (C=O) groups is 1. The van der Waals surface area contributed by atoms with E-state index in [9.17, 15) is 9.59 Å². The van der Waals surface area contributed by atoms with Crippen LogP contribution in [0.25, 0.3) is 10.2 Å². The minimum atomic E-state index is -0.866. The number of hydrogen-bond donors (Lipinski definition) is 1. The van der Waals surface area contributed by atoms with Gasteiger partial charge in [-0.05, 0) is 30.0 Å². The fourth-order valence-electron chi connectivity index (χ4n) is 3.86. The predicted octanol–water partition coefficient (Wildman–Crippen LogP) is 5.07. The number of rotatable bonds is 8. The van der Waals surface area contributed by atoms with Crippen molar-refractivity contribution in [2.24, 2.45) is 0 Å². The summed E-state index contributed by atoms with van der Waals surface area (Å²) in [5.41, 5.74) is 1.98. The Morgan fingerprint density at radius 3 is 2.23 bits per heavy atom. The molecule has 5 nitrogen and oxygen atoms in total. The highest BCUT2D eigenvalue weighted by atomic mass is 32.1. The first kappa shape index (κ1) is 21.0. The van der Waals surface area contributed by atoms with Gasteiger partial charge in [-0.2, -0.15) is 0 Å². The van der Waals surface area contributed by atoms with Crippen molar-refractivity contribution in [1.82, 2.24) is 9.55 Å². The summed E-state index contributed by atoms with van der Waals surface area (Å²) in [7, 11) is 0. The molecule has 4 aromatic rings. The Kier molecular flexibility index (Phi) is 6.28. The highest BCUT2D eigenvalue weighted by Crippen LogP contribution is 2.32. The lowest BCUT2D eigenvalue weighted by atomic mass is 9.90. The molecule has 0 saturated heterocycles. The Morgan fingerprint density at radius 1 is 1.06 bits per heavy atom. The third-order valence-electron chi connectivity index (χ3n) is 5.38. The van der Waals surface area contributed by atoms with Gasteiger partial charge in [0.15, 0.2) is 0 Å². The maximum atomic E-state index is 13.5.